The lowest BCUT2D eigenvalue weighted by Gasteiger charge is -2.59. The Morgan fingerprint density at radius 2 is 1.72 bits per heavy atom. The minimum atomic E-state index is -0.366. The molecule has 2 amide bonds. The van der Waals surface area contributed by atoms with E-state index in [-0.39, 0.29) is 29.4 Å². The Hall–Kier alpha value is -3.17. The molecule has 4 heterocycles. The van der Waals surface area contributed by atoms with Crippen LogP contribution in [0.2, 0.25) is 0 Å². The fourth-order valence-corrected chi connectivity index (χ4v) is 9.54. The van der Waals surface area contributed by atoms with E-state index in [1.165, 1.54) is 24.8 Å². The van der Waals surface area contributed by atoms with Gasteiger partial charge in [0.1, 0.15) is 5.82 Å². The van der Waals surface area contributed by atoms with Gasteiger partial charge in [-0.3, -0.25) is 9.69 Å². The topological polar surface area (TPSA) is 68.4 Å². The molecule has 248 valence electrons. The highest BCUT2D eigenvalue weighted by Gasteiger charge is 2.56. The first-order valence-electron chi connectivity index (χ1n) is 17.6. The van der Waals surface area contributed by atoms with Crippen molar-refractivity contribution in [2.45, 2.75) is 56.5 Å². The number of hydrogen-bond acceptors (Lipinski definition) is 6. The van der Waals surface area contributed by atoms with Gasteiger partial charge >= 0.3 is 6.09 Å². The van der Waals surface area contributed by atoms with Gasteiger partial charge in [0.15, 0.2) is 0 Å². The summed E-state index contributed by atoms with van der Waals surface area (Å²) in [6.07, 6.45) is 7.98. The molecular formula is C37H50FN5O3. The van der Waals surface area contributed by atoms with Gasteiger partial charge in [-0.25, -0.2) is 9.18 Å². The van der Waals surface area contributed by atoms with Gasteiger partial charge in [-0.1, -0.05) is 30.7 Å². The van der Waals surface area contributed by atoms with Crippen molar-refractivity contribution in [2.24, 2.45) is 23.7 Å². The number of carbonyl (C=O) groups is 2. The summed E-state index contributed by atoms with van der Waals surface area (Å²) < 4.78 is 19.9. The van der Waals surface area contributed by atoms with Gasteiger partial charge in [0, 0.05) is 69.4 Å². The second-order valence-electron chi connectivity index (χ2n) is 14.6. The molecule has 3 unspecified atom stereocenters. The normalized spacial score (nSPS) is 26.1. The third kappa shape index (κ3) is 6.13. The van der Waals surface area contributed by atoms with E-state index >= 15 is 0 Å². The molecule has 4 aliphatic heterocycles. The maximum Gasteiger partial charge on any atom is 0.407 e. The second kappa shape index (κ2) is 13.5. The maximum atomic E-state index is 14.9. The predicted octanol–water partition coefficient (Wildman–Crippen LogP) is 4.73. The molecule has 1 saturated carbocycles. The summed E-state index contributed by atoms with van der Waals surface area (Å²) in [5.41, 5.74) is 3.46. The summed E-state index contributed by atoms with van der Waals surface area (Å²) in [4.78, 5) is 32.9. The molecule has 46 heavy (non-hydrogen) atoms. The van der Waals surface area contributed by atoms with Gasteiger partial charge in [-0.15, -0.1) is 0 Å². The number of alkyl carbamates (subject to hydrolysis) is 1. The van der Waals surface area contributed by atoms with Crippen molar-refractivity contribution in [3.8, 4) is 0 Å². The van der Waals surface area contributed by atoms with Crippen LogP contribution < -0.4 is 10.2 Å². The summed E-state index contributed by atoms with van der Waals surface area (Å²) in [6, 6.07) is 16.4. The van der Waals surface area contributed by atoms with E-state index in [0.717, 1.165) is 109 Å². The summed E-state index contributed by atoms with van der Waals surface area (Å²) in [7, 11) is 1.43. The van der Waals surface area contributed by atoms with Gasteiger partial charge in [0.2, 0.25) is 6.41 Å². The van der Waals surface area contributed by atoms with Crippen molar-refractivity contribution < 1.29 is 18.7 Å². The van der Waals surface area contributed by atoms with Gasteiger partial charge in [-0.05, 0) is 98.8 Å². The van der Waals surface area contributed by atoms with E-state index < -0.39 is 0 Å². The van der Waals surface area contributed by atoms with Crippen molar-refractivity contribution in [1.82, 2.24) is 20.0 Å². The van der Waals surface area contributed by atoms with Crippen molar-refractivity contribution in [1.29, 1.82) is 0 Å². The van der Waals surface area contributed by atoms with Gasteiger partial charge in [0.25, 0.3) is 0 Å². The molecule has 9 heteroatoms. The minimum Gasteiger partial charge on any atom is -0.453 e. The number of halogens is 1. The van der Waals surface area contributed by atoms with Crippen LogP contribution in [0.5, 0.6) is 0 Å². The molecule has 1 N–H and O–H groups in total. The van der Waals surface area contributed by atoms with Crippen LogP contribution in [-0.2, 0) is 21.5 Å². The summed E-state index contributed by atoms with van der Waals surface area (Å²) in [6.45, 7) is 9.26. The van der Waals surface area contributed by atoms with Crippen LogP contribution in [0.4, 0.5) is 14.9 Å². The van der Waals surface area contributed by atoms with Crippen molar-refractivity contribution in [3.63, 3.8) is 0 Å². The molecule has 2 aromatic rings. The number of hydrogen-bond donors (Lipinski definition) is 1. The first-order chi connectivity index (χ1) is 22.5. The second-order valence-corrected chi connectivity index (χ2v) is 14.6. The molecule has 0 spiro atoms. The van der Waals surface area contributed by atoms with Gasteiger partial charge in [0.05, 0.1) is 12.6 Å². The third-order valence-corrected chi connectivity index (χ3v) is 11.9. The van der Waals surface area contributed by atoms with Crippen molar-refractivity contribution >= 4 is 18.2 Å². The van der Waals surface area contributed by atoms with Crippen LogP contribution in [0.3, 0.4) is 0 Å². The zero-order chi connectivity index (χ0) is 31.7. The Bertz CT molecular complexity index is 1350. The first kappa shape index (κ1) is 31.4. The molecule has 0 radical (unpaired) electrons. The largest absolute Gasteiger partial charge is 0.453 e. The standard InChI is InChI=1S/C37H50FN5O3/c1-46-36(45)39-35-8-3-7-34(35)37(43-15-4-16-43,31-5-2-6-32(38)20-31)30-13-17-40(18-14-30)23-29-24-42(25-29)33-11-9-27(10-12-33)19-28-21-41(22-28)26-44/h2,5-6,9-12,20,26,28-30,34-35H,3-4,7-8,13-19,21-25H2,1H3,(H,39,45). The quantitative estimate of drug-likeness (QED) is 0.362. The highest BCUT2D eigenvalue weighted by atomic mass is 19.1. The Kier molecular flexibility index (Phi) is 9.23. The lowest BCUT2D eigenvalue weighted by Crippen LogP contribution is -2.65. The number of likely N-dealkylation sites (tertiary alicyclic amines) is 3. The van der Waals surface area contributed by atoms with E-state index in [9.17, 15) is 14.0 Å². The molecule has 5 aliphatic rings. The zero-order valence-electron chi connectivity index (χ0n) is 27.3. The molecule has 1 aliphatic carbocycles. The lowest BCUT2D eigenvalue weighted by molar-refractivity contribution is -0.123. The molecule has 0 aromatic heterocycles. The number of methoxy groups -OCH3 is 1. The van der Waals surface area contributed by atoms with Crippen LogP contribution in [0, 0.1) is 29.5 Å². The number of amides is 2. The number of carbonyl (C=O) groups excluding carboxylic acids is 2. The summed E-state index contributed by atoms with van der Waals surface area (Å²) in [5.74, 6) is 1.70. The van der Waals surface area contributed by atoms with Crippen LogP contribution in [0.25, 0.3) is 0 Å². The number of nitrogens with zero attached hydrogens (tertiary/aromatic N) is 4. The minimum absolute atomic E-state index is 0.0235. The number of piperidine rings is 1. The van der Waals surface area contributed by atoms with Crippen molar-refractivity contribution in [3.05, 3.63) is 65.5 Å². The molecule has 4 saturated heterocycles. The van der Waals surface area contributed by atoms with E-state index in [0.29, 0.717) is 17.8 Å². The molecule has 0 bridgehead atoms. The Labute approximate surface area is 273 Å². The Morgan fingerprint density at radius 3 is 2.37 bits per heavy atom. The number of benzene rings is 2. The van der Waals surface area contributed by atoms with Gasteiger partial charge in [-0.2, -0.15) is 0 Å². The van der Waals surface area contributed by atoms with Gasteiger partial charge < -0.3 is 24.8 Å². The number of nitrogens with one attached hydrogen (secondary N) is 1. The van der Waals surface area contributed by atoms with Crippen LogP contribution >= 0.6 is 0 Å². The highest BCUT2D eigenvalue weighted by molar-refractivity contribution is 5.67. The predicted molar refractivity (Wildman–Crippen MR) is 177 cm³/mol. The fraction of sp³-hybridized carbons (Fsp3) is 0.622. The van der Waals surface area contributed by atoms with Crippen LogP contribution in [0.1, 0.15) is 49.7 Å². The summed E-state index contributed by atoms with van der Waals surface area (Å²) in [5, 5.41) is 3.19. The van der Waals surface area contributed by atoms with E-state index in [1.54, 1.807) is 12.1 Å². The molecule has 3 atom stereocenters. The molecule has 7 rings (SSSR count). The number of rotatable bonds is 11. The van der Waals surface area contributed by atoms with Crippen molar-refractivity contribution in [2.75, 3.05) is 70.9 Å². The third-order valence-electron chi connectivity index (χ3n) is 11.9. The maximum absolute atomic E-state index is 14.9. The molecule has 2 aromatic carbocycles. The average molecular weight is 632 g/mol. The fourth-order valence-electron chi connectivity index (χ4n) is 9.54. The monoisotopic (exact) mass is 631 g/mol. The van der Waals surface area contributed by atoms with Crippen LogP contribution in [0.15, 0.2) is 48.5 Å². The SMILES string of the molecule is COC(=O)NC1CCCC1C(c1cccc(F)c1)(C1CCN(CC2CN(c3ccc(CC4CN(C=O)C4)cc3)C2)CC1)N1CCC1. The van der Waals surface area contributed by atoms with E-state index in [1.807, 2.05) is 11.0 Å². The average Bonchev–Trinajstić information content (AvgIpc) is 3.47. The Balaban J connectivity index is 0.984. The zero-order valence-corrected chi connectivity index (χ0v) is 27.3. The molecule has 8 nitrogen and oxygen atoms in total. The number of anilines is 1. The van der Waals surface area contributed by atoms with E-state index in [4.69, 9.17) is 4.74 Å². The number of ether oxygens (including phenoxy) is 1. The molecule has 5 fully saturated rings. The van der Waals surface area contributed by atoms with Crippen LogP contribution in [-0.4, -0.2) is 99.3 Å². The highest BCUT2D eigenvalue weighted by Crippen LogP contribution is 2.54. The lowest BCUT2D eigenvalue weighted by atomic mass is 9.62. The summed E-state index contributed by atoms with van der Waals surface area (Å²) >= 11 is 0. The first-order valence-corrected chi connectivity index (χ1v) is 17.6. The Morgan fingerprint density at radius 1 is 0.957 bits per heavy atom. The van der Waals surface area contributed by atoms with E-state index in [2.05, 4.69) is 50.3 Å². The smallest absolute Gasteiger partial charge is 0.407 e. The molecular weight excluding hydrogens is 581 g/mol.